The average Bonchev–Trinajstić information content (AvgIpc) is 2.71. The minimum absolute atomic E-state index is 0.167. The van der Waals surface area contributed by atoms with Gasteiger partial charge in [-0.05, 0) is 49.2 Å². The third-order valence-corrected chi connectivity index (χ3v) is 4.47. The third kappa shape index (κ3) is 8.03. The average molecular weight is 384 g/mol. The highest BCUT2D eigenvalue weighted by Crippen LogP contribution is 2.24. The van der Waals surface area contributed by atoms with Gasteiger partial charge < -0.3 is 14.6 Å². The summed E-state index contributed by atoms with van der Waals surface area (Å²) in [6.07, 6.45) is 9.91. The summed E-state index contributed by atoms with van der Waals surface area (Å²) in [6.45, 7) is 5.76. The van der Waals surface area contributed by atoms with Crippen molar-refractivity contribution in [2.75, 3.05) is 13.2 Å². The number of nitrogens with zero attached hydrogens (tertiary/aromatic N) is 1. The molecule has 2 aromatic rings. The molecule has 28 heavy (non-hydrogen) atoms. The first-order valence-corrected chi connectivity index (χ1v) is 10.5. The van der Waals surface area contributed by atoms with Gasteiger partial charge in [-0.15, -0.1) is 0 Å². The fourth-order valence-electron chi connectivity index (χ4n) is 2.72. The van der Waals surface area contributed by atoms with Gasteiger partial charge in [0.25, 0.3) is 0 Å². The summed E-state index contributed by atoms with van der Waals surface area (Å²) >= 11 is 0. The number of phenolic OH excluding ortho intramolecular Hbond substituents is 1. The van der Waals surface area contributed by atoms with Gasteiger partial charge >= 0.3 is 0 Å². The zero-order valence-corrected chi connectivity index (χ0v) is 17.2. The summed E-state index contributed by atoms with van der Waals surface area (Å²) in [5, 5.41) is 10.2. The SMILES string of the molecule is CCCCCCCOc1ccc(N=Cc2ccc(OCCCC)cc2O)cc1. The highest BCUT2D eigenvalue weighted by Gasteiger charge is 2.02. The normalized spacial score (nSPS) is 11.1. The van der Waals surface area contributed by atoms with Gasteiger partial charge in [0.15, 0.2) is 0 Å². The molecule has 0 fully saturated rings. The first-order valence-electron chi connectivity index (χ1n) is 10.5. The molecule has 0 saturated carbocycles. The van der Waals surface area contributed by atoms with E-state index in [0.717, 1.165) is 37.3 Å². The van der Waals surface area contributed by atoms with Crippen molar-refractivity contribution in [1.29, 1.82) is 0 Å². The van der Waals surface area contributed by atoms with Crippen LogP contribution in [0.3, 0.4) is 0 Å². The van der Waals surface area contributed by atoms with Gasteiger partial charge in [-0.1, -0.05) is 46.0 Å². The molecule has 0 aliphatic carbocycles. The summed E-state index contributed by atoms with van der Waals surface area (Å²) in [4.78, 5) is 4.43. The molecule has 0 aromatic heterocycles. The Hall–Kier alpha value is -2.49. The van der Waals surface area contributed by atoms with Gasteiger partial charge in [-0.3, -0.25) is 4.99 Å². The molecular weight excluding hydrogens is 350 g/mol. The van der Waals surface area contributed by atoms with E-state index in [1.807, 2.05) is 36.4 Å². The Bertz CT molecular complexity index is 710. The largest absolute Gasteiger partial charge is 0.507 e. The quantitative estimate of drug-likeness (QED) is 0.310. The number of unbranched alkanes of at least 4 members (excludes halogenated alkanes) is 5. The molecule has 0 radical (unpaired) electrons. The van der Waals surface area contributed by atoms with Crippen LogP contribution in [-0.4, -0.2) is 24.5 Å². The molecule has 0 atom stereocenters. The number of phenols is 1. The van der Waals surface area contributed by atoms with E-state index < -0.39 is 0 Å². The van der Waals surface area contributed by atoms with Crippen LogP contribution in [0.4, 0.5) is 5.69 Å². The Morgan fingerprint density at radius 3 is 2.14 bits per heavy atom. The molecule has 0 aliphatic heterocycles. The predicted octanol–water partition coefficient (Wildman–Crippen LogP) is 6.67. The van der Waals surface area contributed by atoms with Gasteiger partial charge in [0.05, 0.1) is 18.9 Å². The van der Waals surface area contributed by atoms with Gasteiger partial charge in [0, 0.05) is 17.8 Å². The predicted molar refractivity (Wildman–Crippen MR) is 116 cm³/mol. The van der Waals surface area contributed by atoms with Crippen molar-refractivity contribution in [2.45, 2.75) is 58.8 Å². The van der Waals surface area contributed by atoms with Crippen molar-refractivity contribution in [2.24, 2.45) is 4.99 Å². The first kappa shape index (κ1) is 21.8. The van der Waals surface area contributed by atoms with Crippen molar-refractivity contribution >= 4 is 11.9 Å². The van der Waals surface area contributed by atoms with E-state index in [-0.39, 0.29) is 5.75 Å². The zero-order valence-electron chi connectivity index (χ0n) is 17.2. The third-order valence-electron chi connectivity index (χ3n) is 4.47. The maximum Gasteiger partial charge on any atom is 0.128 e. The van der Waals surface area contributed by atoms with E-state index in [1.54, 1.807) is 12.3 Å². The van der Waals surface area contributed by atoms with Gasteiger partial charge in [-0.2, -0.15) is 0 Å². The van der Waals surface area contributed by atoms with Crippen LogP contribution in [0.2, 0.25) is 0 Å². The second-order valence-electron chi connectivity index (χ2n) is 6.94. The van der Waals surface area contributed by atoms with E-state index >= 15 is 0 Å². The summed E-state index contributed by atoms with van der Waals surface area (Å²) in [5.41, 5.74) is 1.48. The minimum Gasteiger partial charge on any atom is -0.507 e. The lowest BCUT2D eigenvalue weighted by Crippen LogP contribution is -1.97. The summed E-state index contributed by atoms with van der Waals surface area (Å²) < 4.78 is 11.4. The molecular formula is C24H33NO3. The topological polar surface area (TPSA) is 51.0 Å². The van der Waals surface area contributed by atoms with Crippen LogP contribution in [0.1, 0.15) is 64.4 Å². The molecule has 2 aromatic carbocycles. The number of ether oxygens (including phenoxy) is 2. The summed E-state index contributed by atoms with van der Waals surface area (Å²) in [5.74, 6) is 1.71. The Labute approximate surface area is 169 Å². The van der Waals surface area contributed by atoms with Crippen LogP contribution in [-0.2, 0) is 0 Å². The maximum absolute atomic E-state index is 10.2. The van der Waals surface area contributed by atoms with Crippen LogP contribution in [0.15, 0.2) is 47.5 Å². The number of aromatic hydroxyl groups is 1. The molecule has 2 rings (SSSR count). The lowest BCUT2D eigenvalue weighted by Gasteiger charge is -2.07. The molecule has 0 bridgehead atoms. The number of hydrogen-bond donors (Lipinski definition) is 1. The first-order chi connectivity index (χ1) is 13.7. The highest BCUT2D eigenvalue weighted by atomic mass is 16.5. The van der Waals surface area contributed by atoms with Crippen molar-refractivity contribution in [3.05, 3.63) is 48.0 Å². The molecule has 0 saturated heterocycles. The molecule has 0 heterocycles. The monoisotopic (exact) mass is 383 g/mol. The van der Waals surface area contributed by atoms with E-state index in [2.05, 4.69) is 18.8 Å². The molecule has 4 nitrogen and oxygen atoms in total. The molecule has 1 N–H and O–H groups in total. The summed E-state index contributed by atoms with van der Waals surface area (Å²) in [6, 6.07) is 13.0. The van der Waals surface area contributed by atoms with E-state index in [4.69, 9.17) is 9.47 Å². The highest BCUT2D eigenvalue weighted by molar-refractivity contribution is 5.85. The Morgan fingerprint density at radius 1 is 0.786 bits per heavy atom. The van der Waals surface area contributed by atoms with Gasteiger partial charge in [0.2, 0.25) is 0 Å². The van der Waals surface area contributed by atoms with Crippen molar-refractivity contribution in [3.63, 3.8) is 0 Å². The molecule has 152 valence electrons. The number of hydrogen-bond acceptors (Lipinski definition) is 4. The summed E-state index contributed by atoms with van der Waals surface area (Å²) in [7, 11) is 0. The standard InChI is InChI=1S/C24H33NO3/c1-3-5-7-8-9-17-27-22-14-11-21(12-15-22)25-19-20-10-13-23(18-24(20)26)28-16-6-4-2/h10-15,18-19,26H,3-9,16-17H2,1-2H3. The van der Waals surface area contributed by atoms with E-state index in [9.17, 15) is 5.11 Å². The lowest BCUT2D eigenvalue weighted by atomic mass is 10.2. The van der Waals surface area contributed by atoms with Gasteiger partial charge in [-0.25, -0.2) is 0 Å². The van der Waals surface area contributed by atoms with Crippen LogP contribution < -0.4 is 9.47 Å². The molecule has 0 unspecified atom stereocenters. The molecule has 0 amide bonds. The minimum atomic E-state index is 0.167. The number of rotatable bonds is 13. The van der Waals surface area contributed by atoms with Crippen LogP contribution >= 0.6 is 0 Å². The van der Waals surface area contributed by atoms with Crippen molar-refractivity contribution in [1.82, 2.24) is 0 Å². The molecule has 0 spiro atoms. The molecule has 4 heteroatoms. The van der Waals surface area contributed by atoms with Crippen LogP contribution in [0.5, 0.6) is 17.2 Å². The number of aliphatic imine (C=N–C) groups is 1. The second-order valence-corrected chi connectivity index (χ2v) is 6.94. The van der Waals surface area contributed by atoms with Crippen LogP contribution in [0.25, 0.3) is 0 Å². The van der Waals surface area contributed by atoms with Gasteiger partial charge in [0.1, 0.15) is 17.2 Å². The fraction of sp³-hybridized carbons (Fsp3) is 0.458. The van der Waals surface area contributed by atoms with Crippen molar-refractivity contribution < 1.29 is 14.6 Å². The Kier molecular flexibility index (Phi) is 9.98. The fourth-order valence-corrected chi connectivity index (χ4v) is 2.72. The smallest absolute Gasteiger partial charge is 0.128 e. The lowest BCUT2D eigenvalue weighted by molar-refractivity contribution is 0.304. The van der Waals surface area contributed by atoms with Crippen LogP contribution in [0, 0.1) is 0 Å². The van der Waals surface area contributed by atoms with Crippen molar-refractivity contribution in [3.8, 4) is 17.2 Å². The second kappa shape index (κ2) is 12.8. The maximum atomic E-state index is 10.2. The van der Waals surface area contributed by atoms with E-state index in [1.165, 1.54) is 25.7 Å². The van der Waals surface area contributed by atoms with E-state index in [0.29, 0.717) is 17.9 Å². The zero-order chi connectivity index (χ0) is 20.0. The Morgan fingerprint density at radius 2 is 1.43 bits per heavy atom. The molecule has 0 aliphatic rings. The Balaban J connectivity index is 1.82. The number of benzene rings is 2.